The Hall–Kier alpha value is -5.98. The lowest BCUT2D eigenvalue weighted by molar-refractivity contribution is -0.115. The van der Waals surface area contributed by atoms with Crippen LogP contribution in [0.4, 0.5) is 0 Å². The molecule has 0 spiro atoms. The number of hydrogen-bond donors (Lipinski definition) is 3. The number of halogens is 4. The molecule has 372 valence electrons. The molecule has 18 heteroatoms. The molecule has 4 N–H and O–H groups in total. The van der Waals surface area contributed by atoms with Crippen LogP contribution in [0.2, 0.25) is 0 Å². The monoisotopic (exact) mass is 1150 g/mol. The van der Waals surface area contributed by atoms with Gasteiger partial charge >= 0.3 is 5.97 Å². The summed E-state index contributed by atoms with van der Waals surface area (Å²) in [6.07, 6.45) is 0.750. The molecule has 6 aromatic carbocycles. The van der Waals surface area contributed by atoms with Gasteiger partial charge in [-0.3, -0.25) is 28.8 Å². The van der Waals surface area contributed by atoms with Gasteiger partial charge in [-0.2, -0.15) is 0 Å². The van der Waals surface area contributed by atoms with Crippen LogP contribution in [0.1, 0.15) is 94.0 Å². The first-order valence-corrected chi connectivity index (χ1v) is 26.2. The molecule has 0 atom stereocenters. The van der Waals surface area contributed by atoms with Gasteiger partial charge in [0.25, 0.3) is 5.91 Å². The average molecular weight is 1150 g/mol. The number of nitrogens with two attached hydrogens (primary N) is 1. The Labute approximate surface area is 441 Å². The molecule has 2 amide bonds. The molecular weight excluding hydrogens is 1100 g/mol. The van der Waals surface area contributed by atoms with Gasteiger partial charge in [-0.25, -0.2) is 9.00 Å². The third kappa shape index (κ3) is 17.4. The van der Waals surface area contributed by atoms with Crippen molar-refractivity contribution < 1.29 is 42.9 Å². The lowest BCUT2D eigenvalue weighted by atomic mass is 9.99. The molecule has 0 unspecified atom stereocenters. The van der Waals surface area contributed by atoms with Crippen molar-refractivity contribution >= 4 is 104 Å². The largest absolute Gasteiger partial charge is 0.478 e. The molecular formula is C53H52Br2Cl2N4O9S. The molecule has 2 aliphatic carbocycles. The Morgan fingerprint density at radius 1 is 0.606 bits per heavy atom. The molecule has 2 aliphatic rings. The van der Waals surface area contributed by atoms with Crippen LogP contribution in [0.15, 0.2) is 142 Å². The summed E-state index contributed by atoms with van der Waals surface area (Å²) in [7, 11) is 10.7. The molecule has 71 heavy (non-hydrogen) atoms. The maximum Gasteiger partial charge on any atom is 0.336 e. The standard InChI is InChI=1S/C22H14BrNO3.C14H8O3.C8H8BrNO.C6H15N.C3H7NO.Cl2OS/c23-14-10-8-13(9-11-14)19(25)12-24-22(27)18-7-3-6-17-20(18)15-4-1-2-5-16(15)21(17)26;15-13-9-5-2-1-4-8(9)12-10(13)6-3-7-11(12)14(16)17;9-7-3-1-6(2-4-7)8(11)5-10;1-4-7(5-2)6-3;1-4(2)3-5;1-4(2)3/h1-11H,12H2,(H,24,27);1-7H,(H,16,17);1-4H,5,10H2;4-6H2,1-3H3;3H,1-2H3;. The molecule has 0 aliphatic heterocycles. The maximum atomic E-state index is 12.7. The average Bonchev–Trinajstić information content (AvgIpc) is 3.84. The number of nitrogens with zero attached hydrogens (tertiary/aromatic N) is 2. The second-order valence-corrected chi connectivity index (χ2v) is 19.5. The number of aromatic carboxylic acids is 1. The Bertz CT molecular complexity index is 2850. The molecule has 0 heterocycles. The number of fused-ring (bicyclic) bond motifs is 6. The van der Waals surface area contributed by atoms with Crippen molar-refractivity contribution in [2.75, 3.05) is 46.8 Å². The zero-order chi connectivity index (χ0) is 52.8. The normalized spacial score (nSPS) is 10.8. The first-order valence-electron chi connectivity index (χ1n) is 21.8. The van der Waals surface area contributed by atoms with Gasteiger partial charge in [0, 0.05) is 94.5 Å². The number of carboxylic acid groups (broad SMARTS) is 1. The fourth-order valence-corrected chi connectivity index (χ4v) is 7.47. The second kappa shape index (κ2) is 30.0. The number of carboxylic acids is 1. The van der Waals surface area contributed by atoms with E-state index in [1.807, 2.05) is 24.3 Å². The van der Waals surface area contributed by atoms with Crippen molar-refractivity contribution in [1.29, 1.82) is 0 Å². The van der Waals surface area contributed by atoms with Crippen molar-refractivity contribution in [3.63, 3.8) is 0 Å². The van der Waals surface area contributed by atoms with E-state index in [-0.39, 0.29) is 47.7 Å². The highest BCUT2D eigenvalue weighted by atomic mass is 79.9. The van der Waals surface area contributed by atoms with Crippen molar-refractivity contribution in [2.24, 2.45) is 5.73 Å². The van der Waals surface area contributed by atoms with Crippen LogP contribution in [-0.4, -0.2) is 107 Å². The number of carbonyl (C=O) groups is 7. The third-order valence-electron chi connectivity index (χ3n) is 10.5. The summed E-state index contributed by atoms with van der Waals surface area (Å²) in [5.74, 6) is -1.77. The Kier molecular flexibility index (Phi) is 25.1. The number of hydrogen-bond acceptors (Lipinski definition) is 10. The summed E-state index contributed by atoms with van der Waals surface area (Å²) in [6, 6.07) is 38.3. The van der Waals surface area contributed by atoms with Crippen molar-refractivity contribution in [3.8, 4) is 22.3 Å². The van der Waals surface area contributed by atoms with E-state index >= 15 is 0 Å². The fourth-order valence-electron chi connectivity index (χ4n) is 6.94. The number of benzene rings is 6. The third-order valence-corrected chi connectivity index (χ3v) is 11.5. The van der Waals surface area contributed by atoms with Gasteiger partial charge in [0.2, 0.25) is 15.6 Å². The van der Waals surface area contributed by atoms with Crippen molar-refractivity contribution in [3.05, 3.63) is 187 Å². The lowest BCUT2D eigenvalue weighted by Gasteiger charge is -2.13. The predicted molar refractivity (Wildman–Crippen MR) is 289 cm³/mol. The minimum atomic E-state index is -1.67. The van der Waals surface area contributed by atoms with Gasteiger partial charge < -0.3 is 26.0 Å². The van der Waals surface area contributed by atoms with Crippen LogP contribution in [-0.2, 0) is 14.0 Å². The minimum absolute atomic E-state index is 0.0301. The van der Waals surface area contributed by atoms with Crippen LogP contribution in [0.25, 0.3) is 22.3 Å². The zero-order valence-electron chi connectivity index (χ0n) is 39.4. The van der Waals surface area contributed by atoms with Crippen LogP contribution < -0.4 is 11.1 Å². The van der Waals surface area contributed by atoms with Gasteiger partial charge in [0.1, 0.15) is 0 Å². The zero-order valence-corrected chi connectivity index (χ0v) is 44.9. The molecule has 13 nitrogen and oxygen atoms in total. The number of nitrogens with one attached hydrogen (secondary N) is 1. The van der Waals surface area contributed by atoms with E-state index in [1.54, 1.807) is 117 Å². The molecule has 0 saturated heterocycles. The lowest BCUT2D eigenvalue weighted by Crippen LogP contribution is -2.30. The Morgan fingerprint density at radius 3 is 1.31 bits per heavy atom. The number of ketones is 4. The number of carbonyl (C=O) groups excluding carboxylic acids is 6. The summed E-state index contributed by atoms with van der Waals surface area (Å²) in [5.41, 5.74) is 11.8. The van der Waals surface area contributed by atoms with Crippen LogP contribution in [0, 0.1) is 0 Å². The molecule has 0 bridgehead atoms. The highest BCUT2D eigenvalue weighted by Gasteiger charge is 2.31. The summed E-state index contributed by atoms with van der Waals surface area (Å²) in [6.45, 7) is 10.1. The van der Waals surface area contributed by atoms with E-state index in [0.29, 0.717) is 55.6 Å². The van der Waals surface area contributed by atoms with Crippen LogP contribution >= 0.6 is 53.2 Å². The molecule has 0 saturated carbocycles. The van der Waals surface area contributed by atoms with Crippen molar-refractivity contribution in [2.45, 2.75) is 20.8 Å². The molecule has 0 fully saturated rings. The second-order valence-electron chi connectivity index (χ2n) is 15.1. The van der Waals surface area contributed by atoms with E-state index in [2.05, 4.69) is 84.2 Å². The quantitative estimate of drug-likeness (QED) is 0.0632. The molecule has 6 aromatic rings. The van der Waals surface area contributed by atoms with Gasteiger partial charge in [-0.1, -0.05) is 150 Å². The molecule has 0 aromatic heterocycles. The smallest absolute Gasteiger partial charge is 0.336 e. The Morgan fingerprint density at radius 2 is 0.958 bits per heavy atom. The minimum Gasteiger partial charge on any atom is -0.478 e. The van der Waals surface area contributed by atoms with Gasteiger partial charge in [0.15, 0.2) is 23.1 Å². The predicted octanol–water partition coefficient (Wildman–Crippen LogP) is 10.6. The summed E-state index contributed by atoms with van der Waals surface area (Å²) in [5, 5.41) is 11.8. The molecule has 8 rings (SSSR count). The SMILES string of the molecule is CCN(CC)CC.CN(C)C=O.NCC(=O)c1ccc(Br)cc1.O=C(CNC(=O)c1cccc2c1-c1ccccc1C2=O)c1ccc(Br)cc1.O=C(O)c1cccc2c1-c1ccccc1C2=O.O=S(Cl)Cl. The Balaban J connectivity index is 0.000000258. The number of rotatable bonds is 11. The first-order chi connectivity index (χ1) is 33.8. The first kappa shape index (κ1) is 59.3. The topological polar surface area (TPSA) is 201 Å². The number of amides is 2. The summed E-state index contributed by atoms with van der Waals surface area (Å²) >= 11 is 6.60. The summed E-state index contributed by atoms with van der Waals surface area (Å²) < 4.78 is 10.9. The highest BCUT2D eigenvalue weighted by Crippen LogP contribution is 2.40. The van der Waals surface area contributed by atoms with E-state index < -0.39 is 15.2 Å². The fraction of sp³-hybridized carbons (Fsp3) is 0.189. The van der Waals surface area contributed by atoms with Gasteiger partial charge in [0.05, 0.1) is 18.7 Å². The van der Waals surface area contributed by atoms with E-state index in [1.165, 1.54) is 30.6 Å². The number of Topliss-reactive ketones (excluding diaryl/α,β-unsaturated/α-hetero) is 2. The van der Waals surface area contributed by atoms with Crippen LogP contribution in [0.5, 0.6) is 0 Å². The van der Waals surface area contributed by atoms with E-state index in [9.17, 15) is 33.6 Å². The van der Waals surface area contributed by atoms with E-state index in [4.69, 9.17) is 15.0 Å². The molecule has 0 radical (unpaired) electrons. The van der Waals surface area contributed by atoms with Crippen LogP contribution in [0.3, 0.4) is 0 Å². The van der Waals surface area contributed by atoms with Gasteiger partial charge in [-0.15, -0.1) is 0 Å². The van der Waals surface area contributed by atoms with Crippen molar-refractivity contribution in [1.82, 2.24) is 15.1 Å². The van der Waals surface area contributed by atoms with E-state index in [0.717, 1.165) is 20.9 Å². The maximum absolute atomic E-state index is 12.7. The highest BCUT2D eigenvalue weighted by molar-refractivity contribution is 9.10. The summed E-state index contributed by atoms with van der Waals surface area (Å²) in [4.78, 5) is 85.0. The van der Waals surface area contributed by atoms with Gasteiger partial charge in [-0.05, 0) is 67.2 Å².